The Labute approximate surface area is 146 Å². The fourth-order valence-corrected chi connectivity index (χ4v) is 2.60. The Kier molecular flexibility index (Phi) is 5.41. The van der Waals surface area contributed by atoms with E-state index in [0.717, 1.165) is 28.8 Å². The number of aryl methyl sites for hydroxylation is 3. The average Bonchev–Trinajstić information content (AvgIpc) is 2.50. The number of carbonyl (C=O) groups excluding carboxylic acids is 2. The SMILES string of the molecule is Cc1cc(C)c(NC(=O)C(C)OC(=O)c2ccc(F)cc2N)c(C)c1. The van der Waals surface area contributed by atoms with Crippen molar-refractivity contribution in [2.75, 3.05) is 11.1 Å². The molecule has 0 heterocycles. The molecule has 0 aromatic heterocycles. The highest BCUT2D eigenvalue weighted by molar-refractivity contribution is 6.00. The summed E-state index contributed by atoms with van der Waals surface area (Å²) in [6.45, 7) is 7.23. The van der Waals surface area contributed by atoms with E-state index in [1.807, 2.05) is 32.9 Å². The van der Waals surface area contributed by atoms with Crippen LogP contribution in [0.5, 0.6) is 0 Å². The molecule has 6 heteroatoms. The first-order valence-corrected chi connectivity index (χ1v) is 7.83. The lowest BCUT2D eigenvalue weighted by molar-refractivity contribution is -0.123. The number of carbonyl (C=O) groups is 2. The Morgan fingerprint density at radius 3 is 2.28 bits per heavy atom. The maximum Gasteiger partial charge on any atom is 0.341 e. The average molecular weight is 344 g/mol. The molecule has 132 valence electrons. The molecule has 0 aliphatic carbocycles. The first kappa shape index (κ1) is 18.4. The summed E-state index contributed by atoms with van der Waals surface area (Å²) in [6, 6.07) is 7.28. The Morgan fingerprint density at radius 1 is 1.12 bits per heavy atom. The largest absolute Gasteiger partial charge is 0.449 e. The number of nitrogens with one attached hydrogen (secondary N) is 1. The molecule has 2 aromatic rings. The van der Waals surface area contributed by atoms with Crippen LogP contribution in [0.2, 0.25) is 0 Å². The van der Waals surface area contributed by atoms with Crippen molar-refractivity contribution in [2.45, 2.75) is 33.8 Å². The molecule has 1 atom stereocenters. The van der Waals surface area contributed by atoms with Crippen LogP contribution >= 0.6 is 0 Å². The molecule has 0 fully saturated rings. The van der Waals surface area contributed by atoms with E-state index in [1.54, 1.807) is 0 Å². The predicted octanol–water partition coefficient (Wildman–Crippen LogP) is 3.52. The maximum absolute atomic E-state index is 13.1. The van der Waals surface area contributed by atoms with Crippen molar-refractivity contribution in [3.63, 3.8) is 0 Å². The van der Waals surface area contributed by atoms with Crippen molar-refractivity contribution in [3.05, 3.63) is 58.4 Å². The van der Waals surface area contributed by atoms with Gasteiger partial charge in [0.2, 0.25) is 0 Å². The highest BCUT2D eigenvalue weighted by Gasteiger charge is 2.21. The van der Waals surface area contributed by atoms with Crippen molar-refractivity contribution in [2.24, 2.45) is 0 Å². The highest BCUT2D eigenvalue weighted by Crippen LogP contribution is 2.22. The molecule has 0 saturated heterocycles. The van der Waals surface area contributed by atoms with Crippen molar-refractivity contribution >= 4 is 23.3 Å². The number of halogens is 1. The van der Waals surface area contributed by atoms with Crippen molar-refractivity contribution < 1.29 is 18.7 Å². The fourth-order valence-electron chi connectivity index (χ4n) is 2.60. The normalized spacial score (nSPS) is 11.7. The third-order valence-electron chi connectivity index (χ3n) is 3.81. The molecule has 0 aliphatic heterocycles. The second-order valence-corrected chi connectivity index (χ2v) is 6.04. The predicted molar refractivity (Wildman–Crippen MR) is 95.0 cm³/mol. The minimum absolute atomic E-state index is 0.0174. The van der Waals surface area contributed by atoms with Gasteiger partial charge in [-0.15, -0.1) is 0 Å². The summed E-state index contributed by atoms with van der Waals surface area (Å²) >= 11 is 0. The molecular weight excluding hydrogens is 323 g/mol. The summed E-state index contributed by atoms with van der Waals surface area (Å²) in [5.74, 6) is -1.79. The highest BCUT2D eigenvalue weighted by atomic mass is 19.1. The summed E-state index contributed by atoms with van der Waals surface area (Å²) in [5, 5.41) is 2.78. The zero-order chi connectivity index (χ0) is 18.7. The molecule has 0 saturated carbocycles. The molecule has 0 radical (unpaired) electrons. The third kappa shape index (κ3) is 4.35. The molecule has 0 aliphatic rings. The first-order chi connectivity index (χ1) is 11.7. The van der Waals surface area contributed by atoms with Crippen molar-refractivity contribution in [3.8, 4) is 0 Å². The molecular formula is C19H21FN2O3. The van der Waals surface area contributed by atoms with Crippen molar-refractivity contribution in [1.29, 1.82) is 0 Å². The molecule has 5 nitrogen and oxygen atoms in total. The second-order valence-electron chi connectivity index (χ2n) is 6.04. The molecule has 25 heavy (non-hydrogen) atoms. The summed E-state index contributed by atoms with van der Waals surface area (Å²) in [5.41, 5.74) is 9.23. The number of esters is 1. The number of anilines is 2. The molecule has 2 rings (SSSR count). The van der Waals surface area contributed by atoms with Gasteiger partial charge in [-0.25, -0.2) is 9.18 Å². The lowest BCUT2D eigenvalue weighted by atomic mass is 10.0. The van der Waals surface area contributed by atoms with Crippen LogP contribution in [0.15, 0.2) is 30.3 Å². The standard InChI is InChI=1S/C19H21FN2O3/c1-10-7-11(2)17(12(3)8-10)22-18(23)13(4)25-19(24)15-6-5-14(20)9-16(15)21/h5-9,13H,21H2,1-4H3,(H,22,23). The Bertz CT molecular complexity index is 810. The number of rotatable bonds is 4. The van der Waals surface area contributed by atoms with E-state index in [9.17, 15) is 14.0 Å². The van der Waals surface area contributed by atoms with Crippen LogP contribution < -0.4 is 11.1 Å². The number of hydrogen-bond donors (Lipinski definition) is 2. The van der Waals surface area contributed by atoms with Gasteiger partial charge in [-0.2, -0.15) is 0 Å². The molecule has 0 spiro atoms. The number of amides is 1. The van der Waals surface area contributed by atoms with Crippen LogP contribution in [0.4, 0.5) is 15.8 Å². The third-order valence-corrected chi connectivity index (χ3v) is 3.81. The number of hydrogen-bond acceptors (Lipinski definition) is 4. The van der Waals surface area contributed by atoms with Gasteiger partial charge in [0.15, 0.2) is 6.10 Å². The smallest absolute Gasteiger partial charge is 0.341 e. The van der Waals surface area contributed by atoms with Gasteiger partial charge in [0, 0.05) is 11.4 Å². The number of benzene rings is 2. The van der Waals surface area contributed by atoms with Crippen LogP contribution in [0, 0.1) is 26.6 Å². The topological polar surface area (TPSA) is 81.4 Å². The molecule has 2 aromatic carbocycles. The van der Waals surface area contributed by atoms with E-state index in [-0.39, 0.29) is 11.3 Å². The monoisotopic (exact) mass is 344 g/mol. The quantitative estimate of drug-likeness (QED) is 0.657. The van der Waals surface area contributed by atoms with Crippen LogP contribution in [-0.4, -0.2) is 18.0 Å². The van der Waals surface area contributed by atoms with Crippen LogP contribution in [0.1, 0.15) is 34.0 Å². The van der Waals surface area contributed by atoms with Gasteiger partial charge in [0.05, 0.1) is 5.56 Å². The van der Waals surface area contributed by atoms with Crippen molar-refractivity contribution in [1.82, 2.24) is 0 Å². The number of ether oxygens (including phenoxy) is 1. The number of nitrogens with two attached hydrogens (primary N) is 1. The Hall–Kier alpha value is -2.89. The summed E-state index contributed by atoms with van der Waals surface area (Å²) < 4.78 is 18.2. The Balaban J connectivity index is 2.09. The van der Waals surface area contributed by atoms with Gasteiger partial charge in [0.1, 0.15) is 5.82 Å². The molecule has 1 amide bonds. The summed E-state index contributed by atoms with van der Waals surface area (Å²) in [4.78, 5) is 24.4. The Morgan fingerprint density at radius 2 is 1.72 bits per heavy atom. The van der Waals surface area contributed by atoms with E-state index in [2.05, 4.69) is 5.32 Å². The number of nitrogen functional groups attached to an aromatic ring is 1. The van der Waals surface area contributed by atoms with Gasteiger partial charge in [0.25, 0.3) is 5.91 Å². The van der Waals surface area contributed by atoms with Gasteiger partial charge in [-0.1, -0.05) is 17.7 Å². The van der Waals surface area contributed by atoms with E-state index < -0.39 is 23.8 Å². The zero-order valence-electron chi connectivity index (χ0n) is 14.6. The summed E-state index contributed by atoms with van der Waals surface area (Å²) in [6.07, 6.45) is -1.03. The fraction of sp³-hybridized carbons (Fsp3) is 0.263. The van der Waals surface area contributed by atoms with Crippen LogP contribution in [0.25, 0.3) is 0 Å². The van der Waals surface area contributed by atoms with Gasteiger partial charge in [-0.05, 0) is 57.0 Å². The van der Waals surface area contributed by atoms with E-state index in [1.165, 1.54) is 13.0 Å². The maximum atomic E-state index is 13.1. The van der Waals surface area contributed by atoms with Crippen LogP contribution in [-0.2, 0) is 9.53 Å². The molecule has 1 unspecified atom stereocenters. The van der Waals surface area contributed by atoms with E-state index in [0.29, 0.717) is 5.69 Å². The van der Waals surface area contributed by atoms with E-state index in [4.69, 9.17) is 10.5 Å². The van der Waals surface area contributed by atoms with Crippen LogP contribution in [0.3, 0.4) is 0 Å². The van der Waals surface area contributed by atoms with Gasteiger partial charge in [-0.3, -0.25) is 4.79 Å². The first-order valence-electron chi connectivity index (χ1n) is 7.83. The van der Waals surface area contributed by atoms with Gasteiger partial charge >= 0.3 is 5.97 Å². The lowest BCUT2D eigenvalue weighted by Gasteiger charge is -2.17. The summed E-state index contributed by atoms with van der Waals surface area (Å²) in [7, 11) is 0. The zero-order valence-corrected chi connectivity index (χ0v) is 14.6. The molecule has 3 N–H and O–H groups in total. The van der Waals surface area contributed by atoms with E-state index >= 15 is 0 Å². The second kappa shape index (κ2) is 7.34. The minimum atomic E-state index is -1.03. The lowest BCUT2D eigenvalue weighted by Crippen LogP contribution is -2.30. The minimum Gasteiger partial charge on any atom is -0.449 e. The molecule has 0 bridgehead atoms. The van der Waals surface area contributed by atoms with Gasteiger partial charge < -0.3 is 15.8 Å².